The van der Waals surface area contributed by atoms with Crippen molar-refractivity contribution in [1.29, 1.82) is 0 Å². The Balaban J connectivity index is 1.90. The smallest absolute Gasteiger partial charge is 0.305 e. The van der Waals surface area contributed by atoms with Crippen LogP contribution in [0.3, 0.4) is 0 Å². The third-order valence-corrected chi connectivity index (χ3v) is 3.86. The van der Waals surface area contributed by atoms with E-state index in [1.54, 1.807) is 0 Å². The lowest BCUT2D eigenvalue weighted by molar-refractivity contribution is -0.163. The Bertz CT molecular complexity index is 869. The molecule has 0 aromatic heterocycles. The van der Waals surface area contributed by atoms with Crippen molar-refractivity contribution >= 4 is 28.9 Å². The first kappa shape index (κ1) is 13.6. The van der Waals surface area contributed by atoms with E-state index in [2.05, 4.69) is 5.32 Å². The SMILES string of the molecule is CC(=O)OC1OC(=C2C(=O)Nc3ccccc32)c2ccccc21. The minimum absolute atomic E-state index is 0.223. The molecule has 23 heavy (non-hydrogen) atoms. The second-order valence-electron chi connectivity index (χ2n) is 5.35. The summed E-state index contributed by atoms with van der Waals surface area (Å²) >= 11 is 0. The molecule has 1 atom stereocenters. The lowest BCUT2D eigenvalue weighted by atomic mass is 10.0. The maximum Gasteiger partial charge on any atom is 0.305 e. The molecule has 0 saturated carbocycles. The molecule has 5 nitrogen and oxygen atoms in total. The number of carbonyl (C=O) groups excluding carboxylic acids is 2. The van der Waals surface area contributed by atoms with Crippen LogP contribution in [0.2, 0.25) is 0 Å². The molecular formula is C18H13NO4. The Hall–Kier alpha value is -3.08. The summed E-state index contributed by atoms with van der Waals surface area (Å²) in [6.45, 7) is 1.33. The molecule has 1 amide bonds. The molecule has 1 unspecified atom stereocenters. The molecule has 5 heteroatoms. The molecule has 2 aliphatic rings. The van der Waals surface area contributed by atoms with Gasteiger partial charge in [0.05, 0.1) is 5.57 Å². The van der Waals surface area contributed by atoms with E-state index in [0.717, 1.165) is 22.4 Å². The van der Waals surface area contributed by atoms with Crippen molar-refractivity contribution in [3.63, 3.8) is 0 Å². The molecule has 0 fully saturated rings. The highest BCUT2D eigenvalue weighted by Crippen LogP contribution is 2.45. The van der Waals surface area contributed by atoms with Crippen molar-refractivity contribution in [3.8, 4) is 0 Å². The third kappa shape index (κ3) is 2.09. The average molecular weight is 307 g/mol. The zero-order valence-electron chi connectivity index (χ0n) is 12.3. The van der Waals surface area contributed by atoms with Gasteiger partial charge < -0.3 is 14.8 Å². The average Bonchev–Trinajstić information content (AvgIpc) is 3.04. The fraction of sp³-hybridized carbons (Fsp3) is 0.111. The molecular weight excluding hydrogens is 294 g/mol. The number of hydrogen-bond acceptors (Lipinski definition) is 4. The standard InChI is InChI=1S/C18H13NO4/c1-10(20)22-18-12-7-3-2-6-11(12)16(23-18)15-13-8-4-5-9-14(13)19-17(15)21/h2-9,18H,1H3,(H,19,21). The number of ether oxygens (including phenoxy) is 2. The Morgan fingerprint density at radius 2 is 1.78 bits per heavy atom. The van der Waals surface area contributed by atoms with Crippen LogP contribution in [0.5, 0.6) is 0 Å². The molecule has 1 N–H and O–H groups in total. The van der Waals surface area contributed by atoms with Gasteiger partial charge in [0.15, 0.2) is 0 Å². The van der Waals surface area contributed by atoms with E-state index in [4.69, 9.17) is 9.47 Å². The number of amides is 1. The first-order valence-corrected chi connectivity index (χ1v) is 7.23. The molecule has 0 radical (unpaired) electrons. The van der Waals surface area contributed by atoms with E-state index in [0.29, 0.717) is 11.3 Å². The van der Waals surface area contributed by atoms with Crippen LogP contribution in [0.25, 0.3) is 11.3 Å². The van der Waals surface area contributed by atoms with Gasteiger partial charge >= 0.3 is 5.97 Å². The van der Waals surface area contributed by atoms with E-state index in [1.807, 2.05) is 48.5 Å². The lowest BCUT2D eigenvalue weighted by Crippen LogP contribution is -2.08. The number of hydrogen-bond donors (Lipinski definition) is 1. The van der Waals surface area contributed by atoms with E-state index in [-0.39, 0.29) is 5.91 Å². The van der Waals surface area contributed by atoms with E-state index < -0.39 is 12.3 Å². The summed E-state index contributed by atoms with van der Waals surface area (Å²) in [7, 11) is 0. The first-order chi connectivity index (χ1) is 11.1. The highest BCUT2D eigenvalue weighted by atomic mass is 16.7. The van der Waals surface area contributed by atoms with Crippen molar-refractivity contribution in [1.82, 2.24) is 0 Å². The molecule has 0 bridgehead atoms. The zero-order chi connectivity index (χ0) is 16.0. The third-order valence-electron chi connectivity index (χ3n) is 3.86. The largest absolute Gasteiger partial charge is 0.449 e. The predicted octanol–water partition coefficient (Wildman–Crippen LogP) is 3.10. The molecule has 2 aromatic carbocycles. The maximum atomic E-state index is 12.4. The van der Waals surface area contributed by atoms with Crippen LogP contribution in [-0.4, -0.2) is 11.9 Å². The van der Waals surface area contributed by atoms with Gasteiger partial charge in [-0.15, -0.1) is 0 Å². The molecule has 2 heterocycles. The summed E-state index contributed by atoms with van der Waals surface area (Å²) < 4.78 is 11.1. The number of benzene rings is 2. The fourth-order valence-corrected chi connectivity index (χ4v) is 2.92. The number of para-hydroxylation sites is 1. The van der Waals surface area contributed by atoms with Gasteiger partial charge in [0.2, 0.25) is 0 Å². The number of anilines is 1. The van der Waals surface area contributed by atoms with Crippen LogP contribution in [0, 0.1) is 0 Å². The number of esters is 1. The highest BCUT2D eigenvalue weighted by molar-refractivity contribution is 6.36. The minimum Gasteiger partial charge on any atom is -0.449 e. The monoisotopic (exact) mass is 307 g/mol. The normalized spacial score (nSPS) is 21.3. The van der Waals surface area contributed by atoms with Crippen LogP contribution in [0.1, 0.15) is 29.9 Å². The van der Waals surface area contributed by atoms with Crippen LogP contribution in [-0.2, 0) is 19.1 Å². The molecule has 0 spiro atoms. The van der Waals surface area contributed by atoms with Gasteiger partial charge in [0.1, 0.15) is 5.76 Å². The summed E-state index contributed by atoms with van der Waals surface area (Å²) in [5.74, 6) is -0.221. The zero-order valence-corrected chi connectivity index (χ0v) is 12.3. The van der Waals surface area contributed by atoms with Crippen LogP contribution >= 0.6 is 0 Å². The quantitative estimate of drug-likeness (QED) is 0.649. The fourth-order valence-electron chi connectivity index (χ4n) is 2.92. The second kappa shape index (κ2) is 4.98. The summed E-state index contributed by atoms with van der Waals surface area (Å²) in [6.07, 6.45) is -0.827. The van der Waals surface area contributed by atoms with E-state index >= 15 is 0 Å². The van der Waals surface area contributed by atoms with Gasteiger partial charge in [-0.2, -0.15) is 0 Å². The van der Waals surface area contributed by atoms with Crippen molar-refractivity contribution in [2.24, 2.45) is 0 Å². The van der Waals surface area contributed by atoms with Crippen LogP contribution < -0.4 is 5.32 Å². The van der Waals surface area contributed by atoms with Crippen LogP contribution in [0.4, 0.5) is 5.69 Å². The van der Waals surface area contributed by atoms with E-state index in [1.165, 1.54) is 6.92 Å². The molecule has 114 valence electrons. The maximum absolute atomic E-state index is 12.4. The molecule has 4 rings (SSSR count). The summed E-state index contributed by atoms with van der Waals surface area (Å²) in [6, 6.07) is 14.8. The Labute approximate surface area is 132 Å². The topological polar surface area (TPSA) is 64.6 Å². The van der Waals surface area contributed by atoms with Crippen molar-refractivity contribution in [2.75, 3.05) is 5.32 Å². The highest BCUT2D eigenvalue weighted by Gasteiger charge is 2.37. The molecule has 2 aromatic rings. The van der Waals surface area contributed by atoms with Gasteiger partial charge in [-0.25, -0.2) is 0 Å². The molecule has 0 saturated heterocycles. The number of rotatable bonds is 1. The first-order valence-electron chi connectivity index (χ1n) is 7.23. The van der Waals surface area contributed by atoms with Gasteiger partial charge in [-0.1, -0.05) is 42.5 Å². The number of nitrogens with one attached hydrogen (secondary N) is 1. The van der Waals surface area contributed by atoms with Gasteiger partial charge in [-0.05, 0) is 6.07 Å². The number of carbonyl (C=O) groups is 2. The van der Waals surface area contributed by atoms with Crippen molar-refractivity contribution < 1.29 is 19.1 Å². The van der Waals surface area contributed by atoms with Crippen molar-refractivity contribution in [2.45, 2.75) is 13.2 Å². The molecule has 0 aliphatic carbocycles. The predicted molar refractivity (Wildman–Crippen MR) is 83.9 cm³/mol. The Morgan fingerprint density at radius 3 is 2.57 bits per heavy atom. The van der Waals surface area contributed by atoms with Crippen molar-refractivity contribution in [3.05, 3.63) is 65.2 Å². The van der Waals surface area contributed by atoms with Crippen LogP contribution in [0.15, 0.2) is 48.5 Å². The summed E-state index contributed by atoms with van der Waals surface area (Å²) in [5, 5.41) is 2.83. The van der Waals surface area contributed by atoms with Gasteiger partial charge in [0.25, 0.3) is 12.2 Å². The lowest BCUT2D eigenvalue weighted by Gasteiger charge is -2.12. The summed E-state index contributed by atoms with van der Waals surface area (Å²) in [4.78, 5) is 23.7. The molecule has 2 aliphatic heterocycles. The minimum atomic E-state index is -0.827. The Morgan fingerprint density at radius 1 is 1.09 bits per heavy atom. The number of fused-ring (bicyclic) bond motifs is 2. The summed E-state index contributed by atoms with van der Waals surface area (Å²) in [5.41, 5.74) is 3.49. The van der Waals surface area contributed by atoms with E-state index in [9.17, 15) is 9.59 Å². The Kier molecular flexibility index (Phi) is 2.94. The second-order valence-corrected chi connectivity index (χ2v) is 5.35. The van der Waals surface area contributed by atoms with Gasteiger partial charge in [-0.3, -0.25) is 9.59 Å². The van der Waals surface area contributed by atoms with Gasteiger partial charge in [0, 0.05) is 29.3 Å².